The SMILES string of the molecule is CCOC(=O)c1ccc(NC(=S)NCc2ccccc2Cl)c(C)c1. The molecule has 0 bridgehead atoms. The van der Waals surface area contributed by atoms with Crippen molar-refractivity contribution in [3.63, 3.8) is 0 Å². The van der Waals surface area contributed by atoms with Gasteiger partial charge in [0.2, 0.25) is 0 Å². The molecule has 2 aromatic rings. The summed E-state index contributed by atoms with van der Waals surface area (Å²) in [6.07, 6.45) is 0. The summed E-state index contributed by atoms with van der Waals surface area (Å²) in [5.74, 6) is -0.327. The number of thiocarbonyl (C=S) groups is 1. The number of aryl methyl sites for hydroxylation is 1. The van der Waals surface area contributed by atoms with Gasteiger partial charge in [-0.25, -0.2) is 4.79 Å². The molecule has 0 amide bonds. The van der Waals surface area contributed by atoms with Crippen molar-refractivity contribution in [1.82, 2.24) is 5.32 Å². The number of hydrogen-bond acceptors (Lipinski definition) is 3. The Kier molecular flexibility index (Phi) is 6.58. The normalized spacial score (nSPS) is 10.1. The van der Waals surface area contributed by atoms with Gasteiger partial charge in [-0.05, 0) is 61.5 Å². The molecule has 0 spiro atoms. The maximum Gasteiger partial charge on any atom is 0.338 e. The highest BCUT2D eigenvalue weighted by Crippen LogP contribution is 2.18. The number of hydrogen-bond donors (Lipinski definition) is 2. The van der Waals surface area contributed by atoms with Crippen molar-refractivity contribution in [1.29, 1.82) is 0 Å². The molecule has 0 saturated heterocycles. The second-order valence-electron chi connectivity index (χ2n) is 5.15. The van der Waals surface area contributed by atoms with Crippen molar-refractivity contribution in [2.75, 3.05) is 11.9 Å². The topological polar surface area (TPSA) is 50.4 Å². The maximum absolute atomic E-state index is 11.7. The number of carbonyl (C=O) groups is 1. The Balaban J connectivity index is 1.96. The van der Waals surface area contributed by atoms with E-state index in [1.54, 1.807) is 19.1 Å². The van der Waals surface area contributed by atoms with Crippen LogP contribution in [0.2, 0.25) is 5.02 Å². The summed E-state index contributed by atoms with van der Waals surface area (Å²) in [5.41, 5.74) is 3.23. The van der Waals surface area contributed by atoms with Crippen LogP contribution in [0.4, 0.5) is 5.69 Å². The van der Waals surface area contributed by atoms with Gasteiger partial charge in [0.05, 0.1) is 12.2 Å². The second kappa shape index (κ2) is 8.66. The molecule has 24 heavy (non-hydrogen) atoms. The van der Waals surface area contributed by atoms with Gasteiger partial charge in [-0.15, -0.1) is 0 Å². The third kappa shape index (κ3) is 4.94. The van der Waals surface area contributed by atoms with Crippen LogP contribution in [0.25, 0.3) is 0 Å². The lowest BCUT2D eigenvalue weighted by Crippen LogP contribution is -2.28. The van der Waals surface area contributed by atoms with E-state index < -0.39 is 0 Å². The van der Waals surface area contributed by atoms with Crippen molar-refractivity contribution < 1.29 is 9.53 Å². The molecule has 0 unspecified atom stereocenters. The molecule has 0 saturated carbocycles. The lowest BCUT2D eigenvalue weighted by molar-refractivity contribution is 0.0526. The van der Waals surface area contributed by atoms with Gasteiger partial charge in [-0.3, -0.25) is 0 Å². The smallest absolute Gasteiger partial charge is 0.338 e. The predicted molar refractivity (Wildman–Crippen MR) is 102 cm³/mol. The van der Waals surface area contributed by atoms with Crippen molar-refractivity contribution in [2.45, 2.75) is 20.4 Å². The lowest BCUT2D eigenvalue weighted by atomic mass is 10.1. The standard InChI is InChI=1S/C18H19ClN2O2S/c1-3-23-17(22)13-8-9-16(12(2)10-13)21-18(24)20-11-14-6-4-5-7-15(14)19/h4-10H,3,11H2,1-2H3,(H2,20,21,24). The Morgan fingerprint density at radius 3 is 2.67 bits per heavy atom. The molecule has 126 valence electrons. The summed E-state index contributed by atoms with van der Waals surface area (Å²) in [4.78, 5) is 11.7. The number of anilines is 1. The number of ether oxygens (including phenoxy) is 1. The number of halogens is 1. The van der Waals surface area contributed by atoms with Gasteiger partial charge in [-0.1, -0.05) is 29.8 Å². The summed E-state index contributed by atoms with van der Waals surface area (Å²) in [5, 5.41) is 7.43. The van der Waals surface area contributed by atoms with Crippen LogP contribution in [0.3, 0.4) is 0 Å². The highest BCUT2D eigenvalue weighted by Gasteiger charge is 2.09. The molecular weight excluding hydrogens is 344 g/mol. The Hall–Kier alpha value is -2.11. The summed E-state index contributed by atoms with van der Waals surface area (Å²) >= 11 is 11.4. The van der Waals surface area contributed by atoms with Crippen molar-refractivity contribution in [2.24, 2.45) is 0 Å². The van der Waals surface area contributed by atoms with Gasteiger partial charge < -0.3 is 15.4 Å². The number of benzene rings is 2. The summed E-state index contributed by atoms with van der Waals surface area (Å²) in [7, 11) is 0. The molecule has 4 nitrogen and oxygen atoms in total. The fourth-order valence-corrected chi connectivity index (χ4v) is 2.51. The quantitative estimate of drug-likeness (QED) is 0.613. The van der Waals surface area contributed by atoms with E-state index in [0.29, 0.717) is 28.9 Å². The lowest BCUT2D eigenvalue weighted by Gasteiger charge is -2.14. The van der Waals surface area contributed by atoms with Gasteiger partial charge in [-0.2, -0.15) is 0 Å². The minimum absolute atomic E-state index is 0.327. The Morgan fingerprint density at radius 2 is 2.00 bits per heavy atom. The molecular formula is C18H19ClN2O2S. The predicted octanol–water partition coefficient (Wildman–Crippen LogP) is 4.31. The maximum atomic E-state index is 11.7. The zero-order valence-corrected chi connectivity index (χ0v) is 15.1. The average molecular weight is 363 g/mol. The van der Waals surface area contributed by atoms with E-state index in [-0.39, 0.29) is 5.97 Å². The van der Waals surface area contributed by atoms with Crippen LogP contribution in [0.1, 0.15) is 28.4 Å². The van der Waals surface area contributed by atoms with E-state index in [1.165, 1.54) is 0 Å². The van der Waals surface area contributed by atoms with Crippen molar-refractivity contribution >= 4 is 40.6 Å². The zero-order valence-electron chi connectivity index (χ0n) is 13.6. The van der Waals surface area contributed by atoms with Gasteiger partial charge in [0.15, 0.2) is 5.11 Å². The summed E-state index contributed by atoms with van der Waals surface area (Å²) < 4.78 is 4.99. The first-order valence-electron chi connectivity index (χ1n) is 7.57. The van der Waals surface area contributed by atoms with Crippen LogP contribution in [-0.2, 0) is 11.3 Å². The molecule has 0 aliphatic carbocycles. The molecule has 0 fully saturated rings. The second-order valence-corrected chi connectivity index (χ2v) is 5.96. The van der Waals surface area contributed by atoms with E-state index in [0.717, 1.165) is 16.8 Å². The molecule has 6 heteroatoms. The van der Waals surface area contributed by atoms with E-state index in [9.17, 15) is 4.79 Å². The fraction of sp³-hybridized carbons (Fsp3) is 0.222. The van der Waals surface area contributed by atoms with Crippen molar-refractivity contribution in [3.8, 4) is 0 Å². The highest BCUT2D eigenvalue weighted by molar-refractivity contribution is 7.80. The van der Waals surface area contributed by atoms with Crippen LogP contribution in [0, 0.1) is 6.92 Å². The van der Waals surface area contributed by atoms with Gasteiger partial charge in [0, 0.05) is 17.3 Å². The number of rotatable bonds is 5. The van der Waals surface area contributed by atoms with Crippen LogP contribution in [0.15, 0.2) is 42.5 Å². The molecule has 0 heterocycles. The van der Waals surface area contributed by atoms with E-state index in [4.69, 9.17) is 28.6 Å². The fourth-order valence-electron chi connectivity index (χ4n) is 2.13. The zero-order chi connectivity index (χ0) is 17.5. The summed E-state index contributed by atoms with van der Waals surface area (Å²) in [6, 6.07) is 12.9. The molecule has 0 radical (unpaired) electrons. The highest BCUT2D eigenvalue weighted by atomic mass is 35.5. The third-order valence-electron chi connectivity index (χ3n) is 3.38. The van der Waals surface area contributed by atoms with Gasteiger partial charge in [0.25, 0.3) is 0 Å². The Bertz CT molecular complexity index is 750. The largest absolute Gasteiger partial charge is 0.462 e. The van der Waals surface area contributed by atoms with Gasteiger partial charge >= 0.3 is 5.97 Å². The monoisotopic (exact) mass is 362 g/mol. The number of nitrogens with one attached hydrogen (secondary N) is 2. The minimum atomic E-state index is -0.327. The van der Waals surface area contributed by atoms with Crippen LogP contribution in [0.5, 0.6) is 0 Å². The molecule has 2 aromatic carbocycles. The molecule has 2 N–H and O–H groups in total. The van der Waals surface area contributed by atoms with Crippen molar-refractivity contribution in [3.05, 3.63) is 64.2 Å². The van der Waals surface area contributed by atoms with E-state index in [1.807, 2.05) is 37.3 Å². The molecule has 0 aliphatic rings. The molecule has 0 aromatic heterocycles. The first-order valence-corrected chi connectivity index (χ1v) is 8.36. The molecule has 0 aliphatic heterocycles. The van der Waals surface area contributed by atoms with E-state index >= 15 is 0 Å². The number of esters is 1. The third-order valence-corrected chi connectivity index (χ3v) is 4.00. The van der Waals surface area contributed by atoms with Gasteiger partial charge in [0.1, 0.15) is 0 Å². The first-order chi connectivity index (χ1) is 11.5. The summed E-state index contributed by atoms with van der Waals surface area (Å²) in [6.45, 7) is 4.57. The minimum Gasteiger partial charge on any atom is -0.462 e. The Labute approximate surface area is 152 Å². The first kappa shape index (κ1) is 18.2. The number of carbonyl (C=O) groups excluding carboxylic acids is 1. The Morgan fingerprint density at radius 1 is 1.25 bits per heavy atom. The molecule has 2 rings (SSSR count). The molecule has 0 atom stereocenters. The van der Waals surface area contributed by atoms with Crippen LogP contribution >= 0.6 is 23.8 Å². The van der Waals surface area contributed by atoms with E-state index in [2.05, 4.69) is 10.6 Å². The van der Waals surface area contributed by atoms with Crippen LogP contribution < -0.4 is 10.6 Å². The average Bonchev–Trinajstić information content (AvgIpc) is 2.56. The van der Waals surface area contributed by atoms with Crippen LogP contribution in [-0.4, -0.2) is 17.7 Å².